The zero-order valence-electron chi connectivity index (χ0n) is 12.1. The summed E-state index contributed by atoms with van der Waals surface area (Å²) in [6.07, 6.45) is 6.76. The minimum atomic E-state index is 0.205. The molecule has 108 valence electrons. The van der Waals surface area contributed by atoms with Crippen molar-refractivity contribution in [2.75, 3.05) is 6.61 Å². The highest BCUT2D eigenvalue weighted by atomic mass is 79.9. The molecule has 0 aromatic heterocycles. The summed E-state index contributed by atoms with van der Waals surface area (Å²) in [6, 6.07) is 6.40. The van der Waals surface area contributed by atoms with Crippen molar-refractivity contribution in [1.82, 2.24) is 0 Å². The molecule has 0 heterocycles. The lowest BCUT2D eigenvalue weighted by Crippen LogP contribution is -2.21. The molecular weight excluding hydrogens is 302 g/mol. The average Bonchev–Trinajstić information content (AvgIpc) is 2.41. The van der Waals surface area contributed by atoms with Crippen molar-refractivity contribution in [3.8, 4) is 5.75 Å². The Morgan fingerprint density at radius 3 is 2.68 bits per heavy atom. The van der Waals surface area contributed by atoms with Crippen LogP contribution < -0.4 is 10.5 Å². The number of para-hydroxylation sites is 1. The van der Waals surface area contributed by atoms with Gasteiger partial charge in [-0.2, -0.15) is 0 Å². The fraction of sp³-hybridized carbons (Fsp3) is 0.625. The van der Waals surface area contributed by atoms with Gasteiger partial charge < -0.3 is 10.5 Å². The number of hydrogen-bond donors (Lipinski definition) is 1. The molecule has 1 aromatic rings. The Kier molecular flexibility index (Phi) is 8.15. The van der Waals surface area contributed by atoms with Crippen molar-refractivity contribution in [3.05, 3.63) is 28.2 Å². The van der Waals surface area contributed by atoms with Crippen molar-refractivity contribution in [3.63, 3.8) is 0 Å². The first-order valence-electron chi connectivity index (χ1n) is 7.34. The molecule has 0 bridgehead atoms. The first-order valence-corrected chi connectivity index (χ1v) is 8.14. The second kappa shape index (κ2) is 9.38. The van der Waals surface area contributed by atoms with Gasteiger partial charge in [-0.05, 0) is 46.8 Å². The molecular formula is C16H26BrNO. The summed E-state index contributed by atoms with van der Waals surface area (Å²) in [5.41, 5.74) is 7.26. The van der Waals surface area contributed by atoms with E-state index in [0.717, 1.165) is 36.1 Å². The van der Waals surface area contributed by atoms with Crippen molar-refractivity contribution in [1.29, 1.82) is 0 Å². The largest absolute Gasteiger partial charge is 0.492 e. The molecule has 0 aliphatic heterocycles. The van der Waals surface area contributed by atoms with Crippen molar-refractivity contribution in [2.24, 2.45) is 5.73 Å². The molecule has 1 unspecified atom stereocenters. The Balaban J connectivity index is 2.59. The summed E-state index contributed by atoms with van der Waals surface area (Å²) >= 11 is 3.58. The van der Waals surface area contributed by atoms with Gasteiger partial charge in [0.1, 0.15) is 5.75 Å². The molecule has 0 radical (unpaired) electrons. The molecule has 3 heteroatoms. The molecule has 2 nitrogen and oxygen atoms in total. The summed E-state index contributed by atoms with van der Waals surface area (Å²) in [4.78, 5) is 0. The van der Waals surface area contributed by atoms with Gasteiger partial charge in [0, 0.05) is 6.04 Å². The van der Waals surface area contributed by atoms with Crippen molar-refractivity contribution < 1.29 is 4.74 Å². The lowest BCUT2D eigenvalue weighted by atomic mass is 10.0. The monoisotopic (exact) mass is 327 g/mol. The summed E-state index contributed by atoms with van der Waals surface area (Å²) < 4.78 is 6.99. The van der Waals surface area contributed by atoms with Crippen LogP contribution in [0.2, 0.25) is 0 Å². The van der Waals surface area contributed by atoms with E-state index in [-0.39, 0.29) is 6.04 Å². The highest BCUT2D eigenvalue weighted by Gasteiger charge is 2.10. The molecule has 0 saturated carbocycles. The molecule has 1 aromatic carbocycles. The van der Waals surface area contributed by atoms with Crippen LogP contribution in [0.25, 0.3) is 0 Å². The minimum absolute atomic E-state index is 0.205. The number of nitrogens with two attached hydrogens (primary N) is 1. The van der Waals surface area contributed by atoms with E-state index in [1.54, 1.807) is 0 Å². The lowest BCUT2D eigenvalue weighted by Gasteiger charge is -2.15. The molecule has 2 N–H and O–H groups in total. The van der Waals surface area contributed by atoms with Crippen molar-refractivity contribution in [2.45, 2.75) is 58.4 Å². The van der Waals surface area contributed by atoms with E-state index in [0.29, 0.717) is 0 Å². The topological polar surface area (TPSA) is 35.2 Å². The van der Waals surface area contributed by atoms with Crippen LogP contribution in [0.3, 0.4) is 0 Å². The van der Waals surface area contributed by atoms with E-state index in [2.05, 4.69) is 35.8 Å². The van der Waals surface area contributed by atoms with Crippen LogP contribution in [0.5, 0.6) is 5.75 Å². The van der Waals surface area contributed by atoms with Gasteiger partial charge in [0.15, 0.2) is 0 Å². The smallest absolute Gasteiger partial charge is 0.136 e. The zero-order chi connectivity index (χ0) is 14.1. The standard InChI is InChI=1S/C16H26BrNO/c1-3-5-6-7-11-19-16-13(12-14(18)4-2)9-8-10-15(16)17/h8-10,14H,3-7,11-12,18H2,1-2H3. The summed E-state index contributed by atoms with van der Waals surface area (Å²) in [7, 11) is 0. The maximum atomic E-state index is 6.05. The SMILES string of the molecule is CCCCCCOc1c(Br)cccc1CC(N)CC. The number of rotatable bonds is 9. The van der Waals surface area contributed by atoms with Gasteiger partial charge in [-0.1, -0.05) is 45.2 Å². The van der Waals surface area contributed by atoms with E-state index in [1.807, 2.05) is 12.1 Å². The first-order chi connectivity index (χ1) is 9.19. The number of halogens is 1. The maximum Gasteiger partial charge on any atom is 0.136 e. The van der Waals surface area contributed by atoms with Crippen LogP contribution in [0.1, 0.15) is 51.5 Å². The molecule has 1 rings (SSSR count). The van der Waals surface area contributed by atoms with Crippen LogP contribution in [0.15, 0.2) is 22.7 Å². The third kappa shape index (κ3) is 5.96. The molecule has 0 fully saturated rings. The zero-order valence-corrected chi connectivity index (χ0v) is 13.7. The van der Waals surface area contributed by atoms with Gasteiger partial charge in [0.25, 0.3) is 0 Å². The molecule has 0 aliphatic carbocycles. The van der Waals surface area contributed by atoms with E-state index < -0.39 is 0 Å². The fourth-order valence-corrected chi connectivity index (χ4v) is 2.53. The van der Waals surface area contributed by atoms with Crippen LogP contribution in [-0.2, 0) is 6.42 Å². The van der Waals surface area contributed by atoms with Gasteiger partial charge in [0.2, 0.25) is 0 Å². The molecule has 0 saturated heterocycles. The Hall–Kier alpha value is -0.540. The fourth-order valence-electron chi connectivity index (χ4n) is 2.01. The third-order valence-corrected chi connectivity index (χ3v) is 3.92. The molecule has 0 spiro atoms. The van der Waals surface area contributed by atoms with Gasteiger partial charge in [-0.25, -0.2) is 0 Å². The van der Waals surface area contributed by atoms with Gasteiger partial charge in [-0.15, -0.1) is 0 Å². The van der Waals surface area contributed by atoms with E-state index in [9.17, 15) is 0 Å². The second-order valence-electron chi connectivity index (χ2n) is 5.01. The third-order valence-electron chi connectivity index (χ3n) is 3.30. The van der Waals surface area contributed by atoms with Crippen LogP contribution in [0.4, 0.5) is 0 Å². The molecule has 0 aliphatic rings. The minimum Gasteiger partial charge on any atom is -0.492 e. The van der Waals surface area contributed by atoms with Crippen molar-refractivity contribution >= 4 is 15.9 Å². The number of unbranched alkanes of at least 4 members (excludes halogenated alkanes) is 3. The number of ether oxygens (including phenoxy) is 1. The van der Waals surface area contributed by atoms with Crippen LogP contribution >= 0.6 is 15.9 Å². The van der Waals surface area contributed by atoms with Gasteiger partial charge in [0.05, 0.1) is 11.1 Å². The predicted molar refractivity (Wildman–Crippen MR) is 85.7 cm³/mol. The predicted octanol–water partition coefficient (Wildman–Crippen LogP) is 4.69. The van der Waals surface area contributed by atoms with Crippen LogP contribution in [-0.4, -0.2) is 12.6 Å². The number of benzene rings is 1. The van der Waals surface area contributed by atoms with E-state index >= 15 is 0 Å². The Morgan fingerprint density at radius 2 is 2.00 bits per heavy atom. The molecule has 1 atom stereocenters. The second-order valence-corrected chi connectivity index (χ2v) is 5.86. The quantitative estimate of drug-likeness (QED) is 0.668. The summed E-state index contributed by atoms with van der Waals surface area (Å²) in [5, 5.41) is 0. The summed E-state index contributed by atoms with van der Waals surface area (Å²) in [5.74, 6) is 0.975. The average molecular weight is 328 g/mol. The van der Waals surface area contributed by atoms with Gasteiger partial charge in [-0.3, -0.25) is 0 Å². The highest BCUT2D eigenvalue weighted by molar-refractivity contribution is 9.10. The highest BCUT2D eigenvalue weighted by Crippen LogP contribution is 2.30. The first kappa shape index (κ1) is 16.5. The molecule has 0 amide bonds. The van der Waals surface area contributed by atoms with E-state index in [1.165, 1.54) is 24.8 Å². The normalized spacial score (nSPS) is 12.4. The molecule has 19 heavy (non-hydrogen) atoms. The van der Waals surface area contributed by atoms with Gasteiger partial charge >= 0.3 is 0 Å². The van der Waals surface area contributed by atoms with E-state index in [4.69, 9.17) is 10.5 Å². The lowest BCUT2D eigenvalue weighted by molar-refractivity contribution is 0.299. The van der Waals surface area contributed by atoms with Crippen LogP contribution in [0, 0.1) is 0 Å². The summed E-state index contributed by atoms with van der Waals surface area (Å²) in [6.45, 7) is 5.13. The Labute approximate surface area is 125 Å². The number of hydrogen-bond acceptors (Lipinski definition) is 2. The Morgan fingerprint density at radius 1 is 1.21 bits per heavy atom. The Bertz CT molecular complexity index is 368. The maximum absolute atomic E-state index is 6.05.